The highest BCUT2D eigenvalue weighted by Gasteiger charge is 2.29. The molecule has 1 aliphatic heterocycles. The van der Waals surface area contributed by atoms with Gasteiger partial charge >= 0.3 is 0 Å². The summed E-state index contributed by atoms with van der Waals surface area (Å²) < 4.78 is 49.6. The number of hydrogen-bond donors (Lipinski definition) is 1. The largest absolute Gasteiger partial charge is 0.385 e. The molecule has 17 heavy (non-hydrogen) atoms. The third kappa shape index (κ3) is 2.59. The maximum Gasteiger partial charge on any atom is 0.134 e. The molecule has 2 rings (SSSR count). The first-order chi connectivity index (χ1) is 8.09. The predicted octanol–water partition coefficient (Wildman–Crippen LogP) is 1.55. The Morgan fingerprint density at radius 2 is 1.82 bits per heavy atom. The number of hydrogen-bond acceptors (Lipinski definition) is 3. The lowest BCUT2D eigenvalue weighted by Crippen LogP contribution is -2.34. The zero-order valence-corrected chi connectivity index (χ0v) is 8.83. The SMILES string of the molecule is OC(c1c(F)cc(F)cc1F)C1COCCO1. The summed E-state index contributed by atoms with van der Waals surface area (Å²) in [4.78, 5) is 0. The number of ether oxygens (including phenoxy) is 2. The molecule has 0 bridgehead atoms. The van der Waals surface area contributed by atoms with Gasteiger partial charge < -0.3 is 14.6 Å². The third-order valence-corrected chi connectivity index (χ3v) is 2.53. The second kappa shape index (κ2) is 5.03. The number of aliphatic hydroxyl groups excluding tert-OH is 1. The van der Waals surface area contributed by atoms with Crippen LogP contribution in [0.1, 0.15) is 11.7 Å². The summed E-state index contributed by atoms with van der Waals surface area (Å²) in [7, 11) is 0. The van der Waals surface area contributed by atoms with E-state index in [9.17, 15) is 18.3 Å². The first-order valence-electron chi connectivity index (χ1n) is 5.11. The van der Waals surface area contributed by atoms with E-state index in [0.29, 0.717) is 18.7 Å². The van der Waals surface area contributed by atoms with Gasteiger partial charge in [0.05, 0.1) is 25.4 Å². The lowest BCUT2D eigenvalue weighted by molar-refractivity contribution is -0.134. The van der Waals surface area contributed by atoms with Gasteiger partial charge in [-0.15, -0.1) is 0 Å². The fourth-order valence-corrected chi connectivity index (χ4v) is 1.71. The fraction of sp³-hybridized carbons (Fsp3) is 0.455. The van der Waals surface area contributed by atoms with Crippen LogP contribution in [0.15, 0.2) is 12.1 Å². The highest BCUT2D eigenvalue weighted by atomic mass is 19.1. The molecule has 0 aliphatic carbocycles. The van der Waals surface area contributed by atoms with E-state index in [1.165, 1.54) is 0 Å². The molecule has 6 heteroatoms. The highest BCUT2D eigenvalue weighted by molar-refractivity contribution is 5.24. The molecule has 3 nitrogen and oxygen atoms in total. The van der Waals surface area contributed by atoms with Gasteiger partial charge in [-0.05, 0) is 0 Å². The van der Waals surface area contributed by atoms with Crippen molar-refractivity contribution in [3.05, 3.63) is 35.1 Å². The fourth-order valence-electron chi connectivity index (χ4n) is 1.71. The van der Waals surface area contributed by atoms with Crippen molar-refractivity contribution in [2.24, 2.45) is 0 Å². The van der Waals surface area contributed by atoms with E-state index in [4.69, 9.17) is 9.47 Å². The molecule has 1 heterocycles. The molecule has 1 saturated heterocycles. The summed E-state index contributed by atoms with van der Waals surface area (Å²) in [6.45, 7) is 0.654. The van der Waals surface area contributed by atoms with Crippen LogP contribution in [0.3, 0.4) is 0 Å². The van der Waals surface area contributed by atoms with E-state index < -0.39 is 35.2 Å². The number of rotatable bonds is 2. The van der Waals surface area contributed by atoms with Crippen molar-refractivity contribution in [3.63, 3.8) is 0 Å². The van der Waals surface area contributed by atoms with Crippen LogP contribution in [0.4, 0.5) is 13.2 Å². The summed E-state index contributed by atoms with van der Waals surface area (Å²) in [5, 5.41) is 9.79. The van der Waals surface area contributed by atoms with Crippen LogP contribution in [0.5, 0.6) is 0 Å². The topological polar surface area (TPSA) is 38.7 Å². The molecule has 94 valence electrons. The standard InChI is InChI=1S/C11H11F3O3/c12-6-3-7(13)10(8(14)4-6)11(15)9-5-16-1-2-17-9/h3-4,9,11,15H,1-2,5H2. The average Bonchev–Trinajstić information content (AvgIpc) is 2.28. The van der Waals surface area contributed by atoms with E-state index in [1.807, 2.05) is 0 Å². The quantitative estimate of drug-likeness (QED) is 0.863. The minimum Gasteiger partial charge on any atom is -0.385 e. The monoisotopic (exact) mass is 248 g/mol. The van der Waals surface area contributed by atoms with Crippen molar-refractivity contribution < 1.29 is 27.8 Å². The molecule has 0 radical (unpaired) electrons. The van der Waals surface area contributed by atoms with Gasteiger partial charge in [0.2, 0.25) is 0 Å². The molecular formula is C11H11F3O3. The van der Waals surface area contributed by atoms with Crippen LogP contribution in [-0.4, -0.2) is 31.0 Å². The highest BCUT2D eigenvalue weighted by Crippen LogP contribution is 2.27. The Morgan fingerprint density at radius 3 is 2.35 bits per heavy atom. The molecule has 0 saturated carbocycles. The smallest absolute Gasteiger partial charge is 0.134 e. The van der Waals surface area contributed by atoms with E-state index in [1.54, 1.807) is 0 Å². The maximum absolute atomic E-state index is 13.4. The van der Waals surface area contributed by atoms with Gasteiger partial charge in [0.15, 0.2) is 0 Å². The summed E-state index contributed by atoms with van der Waals surface area (Å²) >= 11 is 0. The van der Waals surface area contributed by atoms with Crippen LogP contribution in [0, 0.1) is 17.5 Å². The molecule has 0 amide bonds. The Balaban J connectivity index is 2.26. The summed E-state index contributed by atoms with van der Waals surface area (Å²) in [6.07, 6.45) is -2.37. The first kappa shape index (κ1) is 12.3. The van der Waals surface area contributed by atoms with Crippen LogP contribution in [-0.2, 0) is 9.47 Å². The Morgan fingerprint density at radius 1 is 1.18 bits per heavy atom. The number of halogens is 3. The van der Waals surface area contributed by atoms with Crippen LogP contribution < -0.4 is 0 Å². The molecule has 1 aromatic rings. The molecule has 1 fully saturated rings. The minimum atomic E-state index is -1.52. The first-order valence-corrected chi connectivity index (χ1v) is 5.11. The zero-order chi connectivity index (χ0) is 12.4. The molecular weight excluding hydrogens is 237 g/mol. The van der Waals surface area contributed by atoms with Crippen molar-refractivity contribution in [2.45, 2.75) is 12.2 Å². The minimum absolute atomic E-state index is 0.0391. The van der Waals surface area contributed by atoms with Crippen molar-refractivity contribution in [1.82, 2.24) is 0 Å². The lowest BCUT2D eigenvalue weighted by atomic mass is 10.0. The molecule has 2 atom stereocenters. The zero-order valence-electron chi connectivity index (χ0n) is 8.83. The molecule has 2 unspecified atom stereocenters. The summed E-state index contributed by atoms with van der Waals surface area (Å²) in [6, 6.07) is 1.04. The van der Waals surface area contributed by atoms with E-state index >= 15 is 0 Å². The molecule has 1 aromatic carbocycles. The van der Waals surface area contributed by atoms with Crippen molar-refractivity contribution in [1.29, 1.82) is 0 Å². The van der Waals surface area contributed by atoms with Gasteiger partial charge in [0.1, 0.15) is 29.7 Å². The summed E-state index contributed by atoms with van der Waals surface area (Å²) in [5.41, 5.74) is -0.595. The van der Waals surface area contributed by atoms with Crippen LogP contribution in [0.25, 0.3) is 0 Å². The number of aliphatic hydroxyl groups is 1. The van der Waals surface area contributed by atoms with Gasteiger partial charge in [-0.3, -0.25) is 0 Å². The summed E-state index contributed by atoms with van der Waals surface area (Å²) in [5.74, 6) is -3.30. The van der Waals surface area contributed by atoms with Crippen molar-refractivity contribution in [3.8, 4) is 0 Å². The average molecular weight is 248 g/mol. The number of benzene rings is 1. The van der Waals surface area contributed by atoms with Gasteiger partial charge in [0.25, 0.3) is 0 Å². The molecule has 0 spiro atoms. The predicted molar refractivity (Wildman–Crippen MR) is 51.8 cm³/mol. The second-order valence-corrected chi connectivity index (χ2v) is 3.71. The Labute approximate surface area is 95.8 Å². The van der Waals surface area contributed by atoms with E-state index in [0.717, 1.165) is 0 Å². The van der Waals surface area contributed by atoms with Crippen molar-refractivity contribution in [2.75, 3.05) is 19.8 Å². The van der Waals surface area contributed by atoms with Crippen LogP contribution in [0.2, 0.25) is 0 Å². The van der Waals surface area contributed by atoms with E-state index in [-0.39, 0.29) is 13.2 Å². The maximum atomic E-state index is 13.4. The van der Waals surface area contributed by atoms with Gasteiger partial charge in [0, 0.05) is 12.1 Å². The third-order valence-electron chi connectivity index (χ3n) is 2.53. The van der Waals surface area contributed by atoms with Gasteiger partial charge in [-0.25, -0.2) is 13.2 Å². The Hall–Kier alpha value is -1.11. The Kier molecular flexibility index (Phi) is 3.66. The molecule has 1 N–H and O–H groups in total. The van der Waals surface area contributed by atoms with Crippen molar-refractivity contribution >= 4 is 0 Å². The van der Waals surface area contributed by atoms with E-state index in [2.05, 4.69) is 0 Å². The van der Waals surface area contributed by atoms with Crippen LogP contribution >= 0.6 is 0 Å². The molecule has 1 aliphatic rings. The van der Waals surface area contributed by atoms with Gasteiger partial charge in [-0.1, -0.05) is 0 Å². The lowest BCUT2D eigenvalue weighted by Gasteiger charge is -2.27. The second-order valence-electron chi connectivity index (χ2n) is 3.71. The normalized spacial score (nSPS) is 22.5. The Bertz CT molecular complexity index is 382. The van der Waals surface area contributed by atoms with Gasteiger partial charge in [-0.2, -0.15) is 0 Å². The molecule has 0 aromatic heterocycles.